The zero-order chi connectivity index (χ0) is 16.9. The lowest BCUT2D eigenvalue weighted by Gasteiger charge is -2.10. The molecule has 0 atom stereocenters. The first-order chi connectivity index (χ1) is 11.7. The number of halogens is 1. The van der Waals surface area contributed by atoms with Crippen LogP contribution in [0.1, 0.15) is 22.8 Å². The number of amides is 1. The maximum Gasteiger partial charge on any atom is 0.251 e. The van der Waals surface area contributed by atoms with E-state index < -0.39 is 5.82 Å². The zero-order valence-corrected chi connectivity index (χ0v) is 13.3. The third-order valence-electron chi connectivity index (χ3n) is 3.65. The van der Waals surface area contributed by atoms with Crippen molar-refractivity contribution < 1.29 is 13.9 Å². The highest BCUT2D eigenvalue weighted by Crippen LogP contribution is 2.20. The first kappa shape index (κ1) is 15.9. The summed E-state index contributed by atoms with van der Waals surface area (Å²) in [5.74, 6) is -0.509. The van der Waals surface area contributed by atoms with E-state index in [1.54, 1.807) is 49.5 Å². The second kappa shape index (κ2) is 7.08. The summed E-state index contributed by atoms with van der Waals surface area (Å²) in [5, 5.41) is 3.62. The number of carbonyl (C=O) groups excluding carboxylic acids is 1. The maximum atomic E-state index is 14.2. The minimum Gasteiger partial charge on any atom is -0.491 e. The molecule has 0 aliphatic heterocycles. The fourth-order valence-corrected chi connectivity index (χ4v) is 2.45. The molecule has 0 bridgehead atoms. The van der Waals surface area contributed by atoms with E-state index in [0.29, 0.717) is 17.7 Å². The highest BCUT2D eigenvalue weighted by molar-refractivity contribution is 5.97. The van der Waals surface area contributed by atoms with E-state index in [-0.39, 0.29) is 18.2 Å². The van der Waals surface area contributed by atoms with Crippen LogP contribution >= 0.6 is 0 Å². The third-order valence-corrected chi connectivity index (χ3v) is 3.65. The molecule has 0 radical (unpaired) electrons. The number of pyridine rings is 1. The molecule has 1 aromatic heterocycles. The molecule has 0 aliphatic rings. The second-order valence-electron chi connectivity index (χ2n) is 5.26. The molecular weight excluding hydrogens is 307 g/mol. The van der Waals surface area contributed by atoms with Crippen molar-refractivity contribution in [2.75, 3.05) is 6.61 Å². The van der Waals surface area contributed by atoms with Crippen LogP contribution in [0, 0.1) is 5.82 Å². The number of hydrogen-bond donors (Lipinski definition) is 1. The molecule has 0 saturated carbocycles. The van der Waals surface area contributed by atoms with Crippen molar-refractivity contribution >= 4 is 16.8 Å². The monoisotopic (exact) mass is 324 g/mol. The molecule has 0 fully saturated rings. The van der Waals surface area contributed by atoms with Crippen molar-refractivity contribution in [3.63, 3.8) is 0 Å². The summed E-state index contributed by atoms with van der Waals surface area (Å²) >= 11 is 0. The van der Waals surface area contributed by atoms with Crippen LogP contribution in [-0.2, 0) is 6.54 Å². The number of aromatic nitrogens is 1. The van der Waals surface area contributed by atoms with Crippen LogP contribution in [-0.4, -0.2) is 17.5 Å². The number of benzene rings is 2. The molecule has 0 spiro atoms. The van der Waals surface area contributed by atoms with Gasteiger partial charge in [0.25, 0.3) is 5.91 Å². The minimum absolute atomic E-state index is 0.0939. The molecule has 1 amide bonds. The van der Waals surface area contributed by atoms with Gasteiger partial charge in [0.15, 0.2) is 11.6 Å². The quantitative estimate of drug-likeness (QED) is 0.778. The standard InChI is InChI=1S/C19H17FN2O2/c1-2-24-17-7-3-5-15(18(17)20)12-22-19(23)14-8-9-16-13(11-14)6-4-10-21-16/h3-11H,2,12H2,1H3,(H,22,23). The highest BCUT2D eigenvalue weighted by atomic mass is 19.1. The van der Waals surface area contributed by atoms with E-state index in [2.05, 4.69) is 10.3 Å². The summed E-state index contributed by atoms with van der Waals surface area (Å²) in [6, 6.07) is 13.9. The van der Waals surface area contributed by atoms with E-state index in [9.17, 15) is 9.18 Å². The summed E-state index contributed by atoms with van der Waals surface area (Å²) in [5.41, 5.74) is 1.72. The number of hydrogen-bond acceptors (Lipinski definition) is 3. The number of fused-ring (bicyclic) bond motifs is 1. The van der Waals surface area contributed by atoms with Crippen molar-refractivity contribution in [3.8, 4) is 5.75 Å². The Hall–Kier alpha value is -2.95. The summed E-state index contributed by atoms with van der Waals surface area (Å²) in [6.45, 7) is 2.27. The van der Waals surface area contributed by atoms with E-state index in [0.717, 1.165) is 10.9 Å². The predicted octanol–water partition coefficient (Wildman–Crippen LogP) is 3.70. The highest BCUT2D eigenvalue weighted by Gasteiger charge is 2.11. The van der Waals surface area contributed by atoms with E-state index in [1.807, 2.05) is 12.1 Å². The van der Waals surface area contributed by atoms with Crippen LogP contribution in [0.4, 0.5) is 4.39 Å². The summed E-state index contributed by atoms with van der Waals surface area (Å²) in [4.78, 5) is 16.5. The molecule has 1 N–H and O–H groups in total. The van der Waals surface area contributed by atoms with Crippen molar-refractivity contribution in [1.29, 1.82) is 0 Å². The Labute approximate surface area is 139 Å². The summed E-state index contributed by atoms with van der Waals surface area (Å²) in [6.07, 6.45) is 1.70. The smallest absolute Gasteiger partial charge is 0.251 e. The SMILES string of the molecule is CCOc1cccc(CNC(=O)c2ccc3ncccc3c2)c1F. The Bertz CT molecular complexity index is 880. The maximum absolute atomic E-state index is 14.2. The van der Waals surface area contributed by atoms with Crippen LogP contribution < -0.4 is 10.1 Å². The fraction of sp³-hybridized carbons (Fsp3) is 0.158. The summed E-state index contributed by atoms with van der Waals surface area (Å²) < 4.78 is 19.5. The predicted molar refractivity (Wildman–Crippen MR) is 90.5 cm³/mol. The van der Waals surface area contributed by atoms with Gasteiger partial charge in [-0.2, -0.15) is 0 Å². The Morgan fingerprint density at radius 3 is 2.92 bits per heavy atom. The lowest BCUT2D eigenvalue weighted by Crippen LogP contribution is -2.23. The van der Waals surface area contributed by atoms with E-state index in [4.69, 9.17) is 4.74 Å². The molecule has 4 nitrogen and oxygen atoms in total. The summed E-state index contributed by atoms with van der Waals surface area (Å²) in [7, 11) is 0. The largest absolute Gasteiger partial charge is 0.491 e. The van der Waals surface area contributed by atoms with E-state index in [1.165, 1.54) is 0 Å². The molecular formula is C19H17FN2O2. The van der Waals surface area contributed by atoms with Crippen LogP contribution in [0.25, 0.3) is 10.9 Å². The number of rotatable bonds is 5. The average molecular weight is 324 g/mol. The molecule has 0 aliphatic carbocycles. The van der Waals surface area contributed by atoms with Gasteiger partial charge in [-0.05, 0) is 37.3 Å². The molecule has 24 heavy (non-hydrogen) atoms. The van der Waals surface area contributed by atoms with Gasteiger partial charge in [0.05, 0.1) is 12.1 Å². The van der Waals surface area contributed by atoms with Crippen LogP contribution in [0.3, 0.4) is 0 Å². The van der Waals surface area contributed by atoms with Gasteiger partial charge < -0.3 is 10.1 Å². The number of carbonyl (C=O) groups is 1. The number of nitrogens with zero attached hydrogens (tertiary/aromatic N) is 1. The van der Waals surface area contributed by atoms with Gasteiger partial charge in [0.2, 0.25) is 0 Å². The van der Waals surface area contributed by atoms with Crippen molar-refractivity contribution in [1.82, 2.24) is 10.3 Å². The number of nitrogens with one attached hydrogen (secondary N) is 1. The Balaban J connectivity index is 1.74. The minimum atomic E-state index is -0.442. The molecule has 3 aromatic rings. The lowest BCUT2D eigenvalue weighted by molar-refractivity contribution is 0.0950. The van der Waals surface area contributed by atoms with Gasteiger partial charge in [-0.15, -0.1) is 0 Å². The normalized spacial score (nSPS) is 10.6. The third kappa shape index (κ3) is 3.35. The van der Waals surface area contributed by atoms with Crippen LogP contribution in [0.5, 0.6) is 5.75 Å². The van der Waals surface area contributed by atoms with Gasteiger partial charge in [0, 0.05) is 29.3 Å². The van der Waals surface area contributed by atoms with Gasteiger partial charge in [-0.25, -0.2) is 4.39 Å². The van der Waals surface area contributed by atoms with Gasteiger partial charge >= 0.3 is 0 Å². The first-order valence-corrected chi connectivity index (χ1v) is 7.72. The Kier molecular flexibility index (Phi) is 4.70. The molecule has 3 rings (SSSR count). The topological polar surface area (TPSA) is 51.2 Å². The first-order valence-electron chi connectivity index (χ1n) is 7.72. The Morgan fingerprint density at radius 1 is 1.21 bits per heavy atom. The number of ether oxygens (including phenoxy) is 1. The molecule has 0 unspecified atom stereocenters. The van der Waals surface area contributed by atoms with Crippen LogP contribution in [0.2, 0.25) is 0 Å². The van der Waals surface area contributed by atoms with Gasteiger partial charge in [-0.1, -0.05) is 18.2 Å². The van der Waals surface area contributed by atoms with Crippen molar-refractivity contribution in [2.24, 2.45) is 0 Å². The fourth-order valence-electron chi connectivity index (χ4n) is 2.45. The molecule has 122 valence electrons. The van der Waals surface area contributed by atoms with Gasteiger partial charge in [0.1, 0.15) is 0 Å². The zero-order valence-electron chi connectivity index (χ0n) is 13.3. The van der Waals surface area contributed by atoms with Crippen molar-refractivity contribution in [3.05, 3.63) is 71.7 Å². The van der Waals surface area contributed by atoms with Crippen molar-refractivity contribution in [2.45, 2.75) is 13.5 Å². The molecule has 1 heterocycles. The Morgan fingerprint density at radius 2 is 2.08 bits per heavy atom. The molecule has 2 aromatic carbocycles. The second-order valence-corrected chi connectivity index (χ2v) is 5.26. The van der Waals surface area contributed by atoms with Crippen LogP contribution in [0.15, 0.2) is 54.7 Å². The lowest BCUT2D eigenvalue weighted by atomic mass is 10.1. The molecule has 5 heteroatoms. The molecule has 0 saturated heterocycles. The van der Waals surface area contributed by atoms with E-state index >= 15 is 0 Å². The average Bonchev–Trinajstić information content (AvgIpc) is 2.62. The van der Waals surface area contributed by atoms with Gasteiger partial charge in [-0.3, -0.25) is 9.78 Å².